The van der Waals surface area contributed by atoms with Gasteiger partial charge in [-0.3, -0.25) is 14.2 Å². The van der Waals surface area contributed by atoms with Crippen molar-refractivity contribution in [1.82, 2.24) is 4.57 Å². The molecule has 0 spiro atoms. The lowest BCUT2D eigenvalue weighted by Crippen LogP contribution is -2.25. The Labute approximate surface area is 165 Å². The molecule has 1 heterocycles. The first-order valence-corrected chi connectivity index (χ1v) is 8.93. The number of methoxy groups -OCH3 is 1. The molecular formula is C20H18ClNO6. The summed E-state index contributed by atoms with van der Waals surface area (Å²) >= 11 is 5.88. The highest BCUT2D eigenvalue weighted by molar-refractivity contribution is 6.31. The number of Topliss-reactive ketones (excluding diaryl/α,β-unsaturated/α-hetero) is 1. The molecule has 1 atom stereocenters. The van der Waals surface area contributed by atoms with Crippen molar-refractivity contribution in [2.45, 2.75) is 26.0 Å². The molecule has 0 amide bonds. The predicted octanol–water partition coefficient (Wildman–Crippen LogP) is 3.46. The van der Waals surface area contributed by atoms with Crippen molar-refractivity contribution in [2.75, 3.05) is 7.11 Å². The summed E-state index contributed by atoms with van der Waals surface area (Å²) in [4.78, 5) is 36.5. The third-order valence-corrected chi connectivity index (χ3v) is 4.46. The van der Waals surface area contributed by atoms with E-state index in [2.05, 4.69) is 0 Å². The van der Waals surface area contributed by atoms with Crippen LogP contribution in [0.5, 0.6) is 5.75 Å². The number of ether oxygens (including phenoxy) is 2. The lowest BCUT2D eigenvalue weighted by Gasteiger charge is -2.12. The highest BCUT2D eigenvalue weighted by atomic mass is 35.5. The molecule has 0 saturated carbocycles. The fraction of sp³-hybridized carbons (Fsp3) is 0.250. The Bertz CT molecular complexity index is 1070. The van der Waals surface area contributed by atoms with Crippen LogP contribution in [0.25, 0.3) is 11.1 Å². The van der Waals surface area contributed by atoms with Gasteiger partial charge in [0.1, 0.15) is 5.75 Å². The van der Waals surface area contributed by atoms with E-state index in [0.29, 0.717) is 27.4 Å². The number of carbonyl (C=O) groups is 2. The number of ketones is 1. The number of esters is 1. The Kier molecular flexibility index (Phi) is 5.84. The van der Waals surface area contributed by atoms with Gasteiger partial charge in [0.05, 0.1) is 19.0 Å². The molecule has 1 aromatic heterocycles. The monoisotopic (exact) mass is 403 g/mol. The standard InChI is InChI=1S/C20H18ClNO6/c1-12(19(24)13-3-6-15(26-2)7-4-13)27-18(23)9-10-22-16-8-5-14(21)11-17(16)28-20(22)25/h3-8,11-12H,9-10H2,1-2H3. The van der Waals surface area contributed by atoms with Crippen LogP contribution in [0.3, 0.4) is 0 Å². The maximum atomic E-state index is 12.4. The minimum atomic E-state index is -0.947. The summed E-state index contributed by atoms with van der Waals surface area (Å²) in [5, 5.41) is 0.443. The fourth-order valence-electron chi connectivity index (χ4n) is 2.75. The molecule has 3 rings (SSSR count). The average molecular weight is 404 g/mol. The van der Waals surface area contributed by atoms with E-state index < -0.39 is 17.8 Å². The molecule has 146 valence electrons. The maximum Gasteiger partial charge on any atom is 0.419 e. The summed E-state index contributed by atoms with van der Waals surface area (Å²) in [6.45, 7) is 1.57. The number of aryl methyl sites for hydroxylation is 1. The highest BCUT2D eigenvalue weighted by Crippen LogP contribution is 2.19. The molecule has 0 fully saturated rings. The number of oxazole rings is 1. The van der Waals surface area contributed by atoms with Crippen molar-refractivity contribution in [3.05, 3.63) is 63.6 Å². The van der Waals surface area contributed by atoms with E-state index in [1.54, 1.807) is 36.4 Å². The first-order chi connectivity index (χ1) is 13.4. The van der Waals surface area contributed by atoms with Crippen molar-refractivity contribution in [1.29, 1.82) is 0 Å². The number of carbonyl (C=O) groups excluding carboxylic acids is 2. The van der Waals surface area contributed by atoms with Gasteiger partial charge in [-0.05, 0) is 43.3 Å². The fourth-order valence-corrected chi connectivity index (χ4v) is 2.92. The second kappa shape index (κ2) is 8.31. The van der Waals surface area contributed by atoms with Crippen LogP contribution >= 0.6 is 11.6 Å². The molecule has 7 nitrogen and oxygen atoms in total. The van der Waals surface area contributed by atoms with Crippen LogP contribution in [0.2, 0.25) is 5.02 Å². The SMILES string of the molecule is COc1ccc(C(=O)C(C)OC(=O)CCn2c(=O)oc3cc(Cl)ccc32)cc1. The molecule has 0 saturated heterocycles. The molecule has 0 radical (unpaired) electrons. The van der Waals surface area contributed by atoms with Crippen molar-refractivity contribution in [3.8, 4) is 5.75 Å². The Hall–Kier alpha value is -3.06. The summed E-state index contributed by atoms with van der Waals surface area (Å²) in [7, 11) is 1.53. The first kappa shape index (κ1) is 19.7. The number of nitrogens with zero attached hydrogens (tertiary/aromatic N) is 1. The highest BCUT2D eigenvalue weighted by Gasteiger charge is 2.20. The molecule has 0 aliphatic heterocycles. The third-order valence-electron chi connectivity index (χ3n) is 4.22. The zero-order valence-corrected chi connectivity index (χ0v) is 16.1. The number of hydrogen-bond donors (Lipinski definition) is 0. The number of rotatable bonds is 7. The quantitative estimate of drug-likeness (QED) is 0.443. The van der Waals surface area contributed by atoms with Crippen LogP contribution in [0.4, 0.5) is 0 Å². The van der Waals surface area contributed by atoms with Gasteiger partial charge < -0.3 is 13.9 Å². The van der Waals surface area contributed by atoms with E-state index in [1.807, 2.05) is 0 Å². The van der Waals surface area contributed by atoms with E-state index in [4.69, 9.17) is 25.5 Å². The Morgan fingerprint density at radius 1 is 1.18 bits per heavy atom. The summed E-state index contributed by atoms with van der Waals surface area (Å²) in [6.07, 6.45) is -1.03. The van der Waals surface area contributed by atoms with Gasteiger partial charge in [-0.25, -0.2) is 4.79 Å². The van der Waals surface area contributed by atoms with Crippen LogP contribution in [-0.2, 0) is 16.1 Å². The zero-order chi connectivity index (χ0) is 20.3. The van der Waals surface area contributed by atoms with Gasteiger partial charge >= 0.3 is 11.7 Å². The molecular weight excluding hydrogens is 386 g/mol. The van der Waals surface area contributed by atoms with Crippen molar-refractivity contribution >= 4 is 34.5 Å². The Morgan fingerprint density at radius 2 is 1.89 bits per heavy atom. The second-order valence-electron chi connectivity index (χ2n) is 6.11. The maximum absolute atomic E-state index is 12.4. The third kappa shape index (κ3) is 4.26. The molecule has 0 bridgehead atoms. The molecule has 3 aromatic rings. The van der Waals surface area contributed by atoms with Gasteiger partial charge in [0.25, 0.3) is 0 Å². The number of aromatic nitrogens is 1. The number of benzene rings is 2. The lowest BCUT2D eigenvalue weighted by atomic mass is 10.1. The Morgan fingerprint density at radius 3 is 2.57 bits per heavy atom. The van der Waals surface area contributed by atoms with Crippen LogP contribution in [-0.4, -0.2) is 29.5 Å². The molecule has 0 N–H and O–H groups in total. The van der Waals surface area contributed by atoms with Crippen LogP contribution in [0, 0.1) is 0 Å². The normalized spacial score (nSPS) is 12.0. The second-order valence-corrected chi connectivity index (χ2v) is 6.54. The minimum absolute atomic E-state index is 0.0652. The largest absolute Gasteiger partial charge is 0.497 e. The molecule has 1 unspecified atom stereocenters. The van der Waals surface area contributed by atoms with Crippen LogP contribution in [0.15, 0.2) is 51.7 Å². The van der Waals surface area contributed by atoms with Gasteiger partial charge in [0, 0.05) is 23.2 Å². The number of fused-ring (bicyclic) bond motifs is 1. The zero-order valence-electron chi connectivity index (χ0n) is 15.3. The summed E-state index contributed by atoms with van der Waals surface area (Å²) in [5.41, 5.74) is 1.29. The summed E-state index contributed by atoms with van der Waals surface area (Å²) in [6, 6.07) is 11.3. The van der Waals surface area contributed by atoms with Gasteiger partial charge in [-0.2, -0.15) is 0 Å². The molecule has 0 aliphatic carbocycles. The molecule has 28 heavy (non-hydrogen) atoms. The predicted molar refractivity (Wildman–Crippen MR) is 103 cm³/mol. The number of halogens is 1. The van der Waals surface area contributed by atoms with E-state index in [0.717, 1.165) is 0 Å². The lowest BCUT2D eigenvalue weighted by molar-refractivity contribution is -0.146. The topological polar surface area (TPSA) is 87.7 Å². The van der Waals surface area contributed by atoms with E-state index in [9.17, 15) is 14.4 Å². The minimum Gasteiger partial charge on any atom is -0.497 e. The van der Waals surface area contributed by atoms with Crippen molar-refractivity contribution in [2.24, 2.45) is 0 Å². The molecule has 8 heteroatoms. The van der Waals surface area contributed by atoms with E-state index >= 15 is 0 Å². The summed E-state index contributed by atoms with van der Waals surface area (Å²) < 4.78 is 16.7. The smallest absolute Gasteiger partial charge is 0.419 e. The van der Waals surface area contributed by atoms with E-state index in [1.165, 1.54) is 24.7 Å². The van der Waals surface area contributed by atoms with E-state index in [-0.39, 0.29) is 18.7 Å². The van der Waals surface area contributed by atoms with Crippen LogP contribution < -0.4 is 10.5 Å². The van der Waals surface area contributed by atoms with Gasteiger partial charge in [-0.1, -0.05) is 11.6 Å². The van der Waals surface area contributed by atoms with Crippen molar-refractivity contribution < 1.29 is 23.5 Å². The summed E-state index contributed by atoms with van der Waals surface area (Å²) in [5.74, 6) is -0.881. The van der Waals surface area contributed by atoms with Crippen LogP contribution in [0.1, 0.15) is 23.7 Å². The van der Waals surface area contributed by atoms with Gasteiger partial charge in [-0.15, -0.1) is 0 Å². The van der Waals surface area contributed by atoms with Gasteiger partial charge in [0.15, 0.2) is 11.7 Å². The van der Waals surface area contributed by atoms with Gasteiger partial charge in [0.2, 0.25) is 5.78 Å². The number of hydrogen-bond acceptors (Lipinski definition) is 6. The first-order valence-electron chi connectivity index (χ1n) is 8.55. The average Bonchev–Trinajstić information content (AvgIpc) is 2.99. The molecule has 2 aromatic carbocycles. The Balaban J connectivity index is 1.61. The van der Waals surface area contributed by atoms with Crippen molar-refractivity contribution in [3.63, 3.8) is 0 Å². The molecule has 0 aliphatic rings.